The second-order valence-electron chi connectivity index (χ2n) is 8.48. The normalized spacial score (nSPS) is 37.2. The summed E-state index contributed by atoms with van der Waals surface area (Å²) in [5.41, 5.74) is -1.21. The molecule has 2 aliphatic rings. The quantitative estimate of drug-likeness (QED) is 0.222. The maximum Gasteiger partial charge on any atom is 0.333 e. The molecule has 0 aromatic heterocycles. The predicted molar refractivity (Wildman–Crippen MR) is 105 cm³/mol. The van der Waals surface area contributed by atoms with Gasteiger partial charge in [-0.1, -0.05) is 19.9 Å². The molecule has 2 rings (SSSR count). The van der Waals surface area contributed by atoms with Crippen molar-refractivity contribution in [3.63, 3.8) is 0 Å². The van der Waals surface area contributed by atoms with Crippen molar-refractivity contribution >= 4 is 11.8 Å². The molecule has 9 nitrogen and oxygen atoms in total. The smallest absolute Gasteiger partial charge is 0.333 e. The third-order valence-corrected chi connectivity index (χ3v) is 5.64. The first-order valence-corrected chi connectivity index (χ1v) is 9.65. The summed E-state index contributed by atoms with van der Waals surface area (Å²) in [7, 11) is 0. The van der Waals surface area contributed by atoms with Gasteiger partial charge in [0.2, 0.25) is 6.29 Å². The molecular formula is C21H30O9. The van der Waals surface area contributed by atoms with Crippen molar-refractivity contribution in [2.45, 2.75) is 70.4 Å². The van der Waals surface area contributed by atoms with Gasteiger partial charge < -0.3 is 35.0 Å². The number of aliphatic hydroxyl groups is 5. The van der Waals surface area contributed by atoms with E-state index in [1.807, 2.05) is 0 Å². The number of esters is 1. The molecule has 0 radical (unpaired) electrons. The highest BCUT2D eigenvalue weighted by atomic mass is 16.7. The minimum Gasteiger partial charge on any atom is -0.430 e. The third kappa shape index (κ3) is 4.88. The van der Waals surface area contributed by atoms with Gasteiger partial charge in [0.15, 0.2) is 5.78 Å². The Bertz CT molecular complexity index is 764. The molecule has 0 saturated carbocycles. The number of ketones is 1. The molecule has 0 bridgehead atoms. The largest absolute Gasteiger partial charge is 0.430 e. The molecule has 0 amide bonds. The molecule has 1 aliphatic carbocycles. The number of ether oxygens (including phenoxy) is 2. The van der Waals surface area contributed by atoms with Crippen LogP contribution in [0, 0.1) is 5.41 Å². The summed E-state index contributed by atoms with van der Waals surface area (Å²) in [5, 5.41) is 49.7. The fraction of sp³-hybridized carbons (Fsp3) is 0.619. The van der Waals surface area contributed by atoms with E-state index >= 15 is 0 Å². The second-order valence-corrected chi connectivity index (χ2v) is 8.48. The van der Waals surface area contributed by atoms with E-state index in [9.17, 15) is 35.1 Å². The number of carbonyl (C=O) groups excluding carboxylic acids is 2. The van der Waals surface area contributed by atoms with Crippen molar-refractivity contribution in [1.29, 1.82) is 0 Å². The van der Waals surface area contributed by atoms with Gasteiger partial charge in [-0.25, -0.2) is 4.79 Å². The number of allylic oxidation sites excluding steroid dienone is 3. The Labute approximate surface area is 174 Å². The molecular weight excluding hydrogens is 396 g/mol. The van der Waals surface area contributed by atoms with Crippen molar-refractivity contribution in [3.05, 3.63) is 35.5 Å². The molecule has 1 saturated heterocycles. The maximum atomic E-state index is 12.2. The highest BCUT2D eigenvalue weighted by molar-refractivity contribution is 5.92. The summed E-state index contributed by atoms with van der Waals surface area (Å²) in [5.74, 6) is -0.954. The van der Waals surface area contributed by atoms with Crippen molar-refractivity contribution in [3.8, 4) is 0 Å². The SMILES string of the molecule is CC1=CC(=O)CC(C)(C)[C@@]1(O)/C=C/C(C)=C/C(=O)OC1O[C@H](CO)[C@@H](O)[C@H](O)[C@H]1O. The number of hydrogen-bond donors (Lipinski definition) is 5. The summed E-state index contributed by atoms with van der Waals surface area (Å²) in [6.07, 6.45) is -1.95. The Morgan fingerprint density at radius 3 is 2.47 bits per heavy atom. The topological polar surface area (TPSA) is 154 Å². The van der Waals surface area contributed by atoms with Gasteiger partial charge in [-0.3, -0.25) is 4.79 Å². The first-order chi connectivity index (χ1) is 13.8. The minimum absolute atomic E-state index is 0.0639. The Morgan fingerprint density at radius 1 is 1.27 bits per heavy atom. The van der Waals surface area contributed by atoms with Crippen LogP contribution in [0.25, 0.3) is 0 Å². The lowest BCUT2D eigenvalue weighted by atomic mass is 9.64. The van der Waals surface area contributed by atoms with Gasteiger partial charge in [0.1, 0.15) is 30.0 Å². The van der Waals surface area contributed by atoms with Crippen LogP contribution >= 0.6 is 0 Å². The molecule has 0 aromatic carbocycles. The average molecular weight is 426 g/mol. The monoisotopic (exact) mass is 426 g/mol. The molecule has 9 heteroatoms. The Morgan fingerprint density at radius 2 is 1.90 bits per heavy atom. The Hall–Kier alpha value is -1.88. The van der Waals surface area contributed by atoms with Crippen molar-refractivity contribution in [1.82, 2.24) is 0 Å². The molecule has 6 atom stereocenters. The zero-order valence-electron chi connectivity index (χ0n) is 17.5. The maximum absolute atomic E-state index is 12.2. The van der Waals surface area contributed by atoms with Gasteiger partial charge in [0.25, 0.3) is 0 Å². The van der Waals surface area contributed by atoms with Gasteiger partial charge in [0, 0.05) is 17.9 Å². The lowest BCUT2D eigenvalue weighted by Crippen LogP contribution is -2.59. The second kappa shape index (κ2) is 9.09. The van der Waals surface area contributed by atoms with Crippen molar-refractivity contribution < 1.29 is 44.6 Å². The highest BCUT2D eigenvalue weighted by Crippen LogP contribution is 2.44. The average Bonchev–Trinajstić information content (AvgIpc) is 2.64. The van der Waals surface area contributed by atoms with E-state index in [-0.39, 0.29) is 12.2 Å². The van der Waals surface area contributed by atoms with Crippen LogP contribution in [0.1, 0.15) is 34.1 Å². The minimum atomic E-state index is -1.69. The van der Waals surface area contributed by atoms with E-state index in [1.54, 1.807) is 27.7 Å². The Balaban J connectivity index is 2.11. The zero-order chi connectivity index (χ0) is 22.9. The molecule has 0 aromatic rings. The van der Waals surface area contributed by atoms with E-state index in [2.05, 4.69) is 0 Å². The van der Waals surface area contributed by atoms with Gasteiger partial charge in [-0.15, -0.1) is 0 Å². The lowest BCUT2D eigenvalue weighted by Gasteiger charge is -2.44. The van der Waals surface area contributed by atoms with E-state index < -0.39 is 54.3 Å². The summed E-state index contributed by atoms with van der Waals surface area (Å²) in [6, 6.07) is 0. The van der Waals surface area contributed by atoms with Gasteiger partial charge >= 0.3 is 5.97 Å². The predicted octanol–water partition coefficient (Wildman–Crippen LogP) is -0.492. The third-order valence-electron chi connectivity index (χ3n) is 5.64. The van der Waals surface area contributed by atoms with Gasteiger partial charge in [-0.2, -0.15) is 0 Å². The standard InChI is InChI=1S/C21H30O9/c1-11(5-6-21(28)12(2)8-13(23)9-20(21,3)4)7-15(24)30-19-18(27)17(26)16(25)14(10-22)29-19/h5-8,14,16-19,22,25-28H,9-10H2,1-4H3/b6-5+,11-7+/t14-,16-,17+,18-,19?,21-/m1/s1. The van der Waals surface area contributed by atoms with Crippen LogP contribution in [-0.4, -0.2) is 80.2 Å². The molecule has 1 heterocycles. The van der Waals surface area contributed by atoms with Crippen LogP contribution < -0.4 is 0 Å². The molecule has 0 spiro atoms. The van der Waals surface area contributed by atoms with E-state index in [4.69, 9.17) is 9.47 Å². The summed E-state index contributed by atoms with van der Waals surface area (Å²) in [6.45, 7) is 6.17. The Kier molecular flexibility index (Phi) is 7.39. The number of aliphatic hydroxyl groups excluding tert-OH is 4. The first kappa shape index (κ1) is 24.4. The van der Waals surface area contributed by atoms with Crippen LogP contribution in [0.5, 0.6) is 0 Å². The zero-order valence-corrected chi connectivity index (χ0v) is 17.5. The van der Waals surface area contributed by atoms with Gasteiger partial charge in [0.05, 0.1) is 6.61 Å². The van der Waals surface area contributed by atoms with Crippen molar-refractivity contribution in [2.75, 3.05) is 6.61 Å². The fourth-order valence-electron chi connectivity index (χ4n) is 3.66. The number of rotatable bonds is 5. The van der Waals surface area contributed by atoms with Crippen LogP contribution in [0.4, 0.5) is 0 Å². The molecule has 168 valence electrons. The van der Waals surface area contributed by atoms with Gasteiger partial charge in [-0.05, 0) is 37.1 Å². The summed E-state index contributed by atoms with van der Waals surface area (Å²) < 4.78 is 10.1. The van der Waals surface area contributed by atoms with Crippen molar-refractivity contribution in [2.24, 2.45) is 5.41 Å². The van der Waals surface area contributed by atoms with Crippen LogP contribution in [0.15, 0.2) is 35.5 Å². The molecule has 30 heavy (non-hydrogen) atoms. The van der Waals surface area contributed by atoms with Crippen LogP contribution in [0.3, 0.4) is 0 Å². The molecule has 1 unspecified atom stereocenters. The number of carbonyl (C=O) groups is 2. The van der Waals surface area contributed by atoms with Crippen LogP contribution in [0.2, 0.25) is 0 Å². The summed E-state index contributed by atoms with van der Waals surface area (Å²) >= 11 is 0. The van der Waals surface area contributed by atoms with E-state index in [1.165, 1.54) is 18.2 Å². The molecule has 1 fully saturated rings. The molecule has 5 N–H and O–H groups in total. The highest BCUT2D eigenvalue weighted by Gasteiger charge is 2.47. The summed E-state index contributed by atoms with van der Waals surface area (Å²) in [4.78, 5) is 24.0. The molecule has 1 aliphatic heterocycles. The first-order valence-electron chi connectivity index (χ1n) is 9.65. The number of hydrogen-bond acceptors (Lipinski definition) is 9. The fourth-order valence-corrected chi connectivity index (χ4v) is 3.66. The van der Waals surface area contributed by atoms with Crippen LogP contribution in [-0.2, 0) is 19.1 Å². The lowest BCUT2D eigenvalue weighted by molar-refractivity contribution is -0.291. The van der Waals surface area contributed by atoms with E-state index in [0.717, 1.165) is 6.08 Å². The van der Waals surface area contributed by atoms with E-state index in [0.29, 0.717) is 11.1 Å².